The van der Waals surface area contributed by atoms with Crippen molar-refractivity contribution in [3.63, 3.8) is 0 Å². The molecule has 53 heavy (non-hydrogen) atoms. The molecule has 5 heteroatoms. The lowest BCUT2D eigenvalue weighted by Crippen LogP contribution is -2.12. The van der Waals surface area contributed by atoms with E-state index in [2.05, 4.69) is 176 Å². The minimum atomic E-state index is -0.00101. The van der Waals surface area contributed by atoms with Crippen LogP contribution in [0.3, 0.4) is 0 Å². The molecule has 0 aliphatic heterocycles. The summed E-state index contributed by atoms with van der Waals surface area (Å²) in [4.78, 5) is 4.91. The van der Waals surface area contributed by atoms with E-state index in [1.165, 1.54) is 38.7 Å². The van der Waals surface area contributed by atoms with Gasteiger partial charge in [0, 0.05) is 40.6 Å². The molecule has 0 N–H and O–H groups in total. The summed E-state index contributed by atoms with van der Waals surface area (Å²) in [7, 11) is 0. The standard InChI is InChI=1S/C48H54N4O/c1-11-32(6)46-45(34-16-14-13-15-17-34)47(33(7)12-2)52(50-46)37-24-31(5)25-39(28-37)53-38-19-20-40-41-26-35(30(3)4)18-21-42(41)51(43(40)29-38)44-27-36(22-23-49-44)48(8,9)10/h13-30,32-33H,11-12H2,1-10H3. The van der Waals surface area contributed by atoms with Crippen molar-refractivity contribution in [1.82, 2.24) is 19.3 Å². The van der Waals surface area contributed by atoms with Crippen LogP contribution in [0.25, 0.3) is 44.4 Å². The van der Waals surface area contributed by atoms with E-state index in [4.69, 9.17) is 14.8 Å². The summed E-state index contributed by atoms with van der Waals surface area (Å²) in [5.41, 5.74) is 11.8. The Morgan fingerprint density at radius 3 is 2.17 bits per heavy atom. The Labute approximate surface area is 315 Å². The Hall–Kier alpha value is -5.16. The lowest BCUT2D eigenvalue weighted by Gasteiger charge is -2.20. The van der Waals surface area contributed by atoms with Crippen LogP contribution < -0.4 is 4.74 Å². The van der Waals surface area contributed by atoms with Crippen LogP contribution in [0.1, 0.15) is 121 Å². The Morgan fingerprint density at radius 1 is 0.717 bits per heavy atom. The Balaban J connectivity index is 1.37. The first-order valence-corrected chi connectivity index (χ1v) is 19.4. The van der Waals surface area contributed by atoms with Gasteiger partial charge in [-0.05, 0) is 108 Å². The Kier molecular flexibility index (Phi) is 9.80. The predicted molar refractivity (Wildman–Crippen MR) is 223 cm³/mol. The molecule has 0 saturated heterocycles. The fourth-order valence-corrected chi connectivity index (χ4v) is 7.47. The molecular weight excluding hydrogens is 649 g/mol. The molecule has 3 heterocycles. The van der Waals surface area contributed by atoms with Crippen molar-refractivity contribution >= 4 is 21.8 Å². The maximum atomic E-state index is 6.80. The first kappa shape index (κ1) is 36.2. The van der Waals surface area contributed by atoms with Crippen molar-refractivity contribution in [3.05, 3.63) is 131 Å². The van der Waals surface area contributed by atoms with E-state index in [0.717, 1.165) is 58.1 Å². The monoisotopic (exact) mass is 702 g/mol. The third-order valence-electron chi connectivity index (χ3n) is 11.0. The van der Waals surface area contributed by atoms with Crippen molar-refractivity contribution in [2.45, 2.75) is 105 Å². The van der Waals surface area contributed by atoms with Gasteiger partial charge in [-0.3, -0.25) is 4.57 Å². The third-order valence-corrected chi connectivity index (χ3v) is 11.0. The number of nitrogens with zero attached hydrogens (tertiary/aromatic N) is 4. The van der Waals surface area contributed by atoms with E-state index in [1.807, 2.05) is 6.20 Å². The van der Waals surface area contributed by atoms with Gasteiger partial charge in [0.2, 0.25) is 0 Å². The van der Waals surface area contributed by atoms with Crippen molar-refractivity contribution in [2.75, 3.05) is 0 Å². The van der Waals surface area contributed by atoms with Gasteiger partial charge < -0.3 is 4.74 Å². The van der Waals surface area contributed by atoms with Crippen LogP contribution >= 0.6 is 0 Å². The molecule has 0 aliphatic rings. The van der Waals surface area contributed by atoms with Gasteiger partial charge in [-0.25, -0.2) is 9.67 Å². The topological polar surface area (TPSA) is 44.9 Å². The molecule has 0 fully saturated rings. The van der Waals surface area contributed by atoms with Gasteiger partial charge in [0.15, 0.2) is 0 Å². The summed E-state index contributed by atoms with van der Waals surface area (Å²) >= 11 is 0. The zero-order valence-electron chi connectivity index (χ0n) is 33.2. The summed E-state index contributed by atoms with van der Waals surface area (Å²) in [5.74, 6) is 3.54. The minimum absolute atomic E-state index is 0.00101. The number of pyridine rings is 1. The predicted octanol–water partition coefficient (Wildman–Crippen LogP) is 13.6. The zero-order chi connectivity index (χ0) is 37.6. The lowest BCUT2D eigenvalue weighted by molar-refractivity contribution is 0.482. The molecule has 0 radical (unpaired) electrons. The number of rotatable bonds is 10. The molecule has 2 unspecified atom stereocenters. The number of hydrogen-bond acceptors (Lipinski definition) is 3. The van der Waals surface area contributed by atoms with Gasteiger partial charge in [-0.2, -0.15) is 5.10 Å². The number of fused-ring (bicyclic) bond motifs is 3. The van der Waals surface area contributed by atoms with Crippen LogP contribution in [0.4, 0.5) is 0 Å². The molecule has 2 atom stereocenters. The normalized spacial score (nSPS) is 13.3. The summed E-state index contributed by atoms with van der Waals surface area (Å²) in [6, 6.07) is 34.9. The number of benzene rings is 4. The van der Waals surface area contributed by atoms with Gasteiger partial charge in [0.1, 0.15) is 17.3 Å². The van der Waals surface area contributed by atoms with Crippen LogP contribution in [-0.2, 0) is 5.41 Å². The Morgan fingerprint density at radius 2 is 1.47 bits per heavy atom. The molecule has 5 nitrogen and oxygen atoms in total. The number of aryl methyl sites for hydroxylation is 1. The average Bonchev–Trinajstić information content (AvgIpc) is 3.70. The highest BCUT2D eigenvalue weighted by Crippen LogP contribution is 2.41. The van der Waals surface area contributed by atoms with Crippen LogP contribution in [0.5, 0.6) is 11.5 Å². The second-order valence-electron chi connectivity index (χ2n) is 16.2. The van der Waals surface area contributed by atoms with E-state index in [1.54, 1.807) is 0 Å². The first-order chi connectivity index (χ1) is 25.4. The van der Waals surface area contributed by atoms with Crippen LogP contribution in [0, 0.1) is 6.92 Å². The molecule has 7 rings (SSSR count). The minimum Gasteiger partial charge on any atom is -0.457 e. The molecular formula is C48H54N4O. The number of aromatic nitrogens is 4. The van der Waals surface area contributed by atoms with Gasteiger partial charge in [0.25, 0.3) is 0 Å². The fraction of sp³-hybridized carbons (Fsp3) is 0.333. The maximum Gasteiger partial charge on any atom is 0.137 e. The summed E-state index contributed by atoms with van der Waals surface area (Å²) < 4.78 is 11.3. The van der Waals surface area contributed by atoms with Gasteiger partial charge in [0.05, 0.1) is 28.1 Å². The van der Waals surface area contributed by atoms with E-state index >= 15 is 0 Å². The van der Waals surface area contributed by atoms with Crippen molar-refractivity contribution < 1.29 is 4.74 Å². The van der Waals surface area contributed by atoms with E-state index < -0.39 is 0 Å². The van der Waals surface area contributed by atoms with Crippen LogP contribution in [0.15, 0.2) is 103 Å². The first-order valence-electron chi connectivity index (χ1n) is 19.4. The fourth-order valence-electron chi connectivity index (χ4n) is 7.47. The quantitative estimate of drug-likeness (QED) is 0.142. The molecule has 0 amide bonds. The summed E-state index contributed by atoms with van der Waals surface area (Å²) in [5, 5.41) is 7.80. The second-order valence-corrected chi connectivity index (χ2v) is 16.2. The molecule has 4 aromatic carbocycles. The van der Waals surface area contributed by atoms with E-state index in [9.17, 15) is 0 Å². The highest BCUT2D eigenvalue weighted by molar-refractivity contribution is 6.09. The molecule has 0 spiro atoms. The molecule has 0 aliphatic carbocycles. The highest BCUT2D eigenvalue weighted by Gasteiger charge is 2.27. The smallest absolute Gasteiger partial charge is 0.137 e. The zero-order valence-corrected chi connectivity index (χ0v) is 33.2. The van der Waals surface area contributed by atoms with Crippen LogP contribution in [0.2, 0.25) is 0 Å². The van der Waals surface area contributed by atoms with E-state index in [-0.39, 0.29) is 5.41 Å². The summed E-state index contributed by atoms with van der Waals surface area (Å²) in [6.07, 6.45) is 3.97. The number of ether oxygens (including phenoxy) is 1. The largest absolute Gasteiger partial charge is 0.457 e. The van der Waals surface area contributed by atoms with Crippen molar-refractivity contribution in [2.24, 2.45) is 0 Å². The third kappa shape index (κ3) is 6.90. The van der Waals surface area contributed by atoms with Crippen molar-refractivity contribution in [3.8, 4) is 34.1 Å². The van der Waals surface area contributed by atoms with Crippen LogP contribution in [-0.4, -0.2) is 19.3 Å². The second kappa shape index (κ2) is 14.3. The molecule has 0 bridgehead atoms. The maximum absolute atomic E-state index is 6.80. The van der Waals surface area contributed by atoms with Gasteiger partial charge >= 0.3 is 0 Å². The molecule has 0 saturated carbocycles. The molecule has 3 aromatic heterocycles. The lowest BCUT2D eigenvalue weighted by atomic mass is 9.88. The van der Waals surface area contributed by atoms with Crippen molar-refractivity contribution in [1.29, 1.82) is 0 Å². The Bertz CT molecular complexity index is 2410. The SMILES string of the molecule is CCC(C)c1nn(-c2cc(C)cc(Oc3ccc4c5cc(C(C)C)ccc5n(-c5cc(C(C)(C)C)ccn5)c4c3)c2)c(C(C)CC)c1-c1ccccc1. The highest BCUT2D eigenvalue weighted by atomic mass is 16.5. The number of hydrogen-bond donors (Lipinski definition) is 0. The summed E-state index contributed by atoms with van der Waals surface area (Å²) in [6.45, 7) is 22.5. The van der Waals surface area contributed by atoms with E-state index in [0.29, 0.717) is 17.8 Å². The average molecular weight is 703 g/mol. The molecule has 272 valence electrons. The molecule has 7 aromatic rings. The van der Waals surface area contributed by atoms with Gasteiger partial charge in [-0.15, -0.1) is 0 Å². The van der Waals surface area contributed by atoms with Gasteiger partial charge in [-0.1, -0.05) is 98.7 Å².